The molecule has 0 radical (unpaired) electrons. The first-order valence-electron chi connectivity index (χ1n) is 7.47. The van der Waals surface area contributed by atoms with E-state index in [1.165, 1.54) is 4.40 Å². The zero-order valence-corrected chi connectivity index (χ0v) is 13.1. The van der Waals surface area contributed by atoms with Crippen LogP contribution in [0.5, 0.6) is 0 Å². The molecular formula is C15H16N6O2. The van der Waals surface area contributed by atoms with Gasteiger partial charge in [0.15, 0.2) is 17.1 Å². The van der Waals surface area contributed by atoms with Gasteiger partial charge in [-0.1, -0.05) is 6.92 Å². The van der Waals surface area contributed by atoms with Gasteiger partial charge in [-0.15, -0.1) is 10.2 Å². The Morgan fingerprint density at radius 3 is 2.78 bits per heavy atom. The van der Waals surface area contributed by atoms with Crippen LogP contribution in [0.3, 0.4) is 0 Å². The third kappa shape index (κ3) is 1.77. The molecular weight excluding hydrogens is 296 g/mol. The van der Waals surface area contributed by atoms with Gasteiger partial charge in [0, 0.05) is 13.6 Å². The van der Waals surface area contributed by atoms with Crippen LogP contribution in [0.1, 0.15) is 19.1 Å². The Balaban J connectivity index is 2.20. The van der Waals surface area contributed by atoms with E-state index in [2.05, 4.69) is 15.2 Å². The standard InChI is InChI=1S/C15H16N6O2/c1-4-6-20-13-11(19(3)8-16-13)14-18-17-12(21(14)15(20)22)10-5-7-23-9(10)2/h5,7-8H,4,6H2,1-3H3. The monoisotopic (exact) mass is 312 g/mol. The molecule has 0 aliphatic heterocycles. The van der Waals surface area contributed by atoms with Crippen LogP contribution in [0.4, 0.5) is 0 Å². The van der Waals surface area contributed by atoms with Crippen molar-refractivity contribution in [2.75, 3.05) is 0 Å². The largest absolute Gasteiger partial charge is 0.469 e. The van der Waals surface area contributed by atoms with Crippen LogP contribution in [-0.2, 0) is 13.6 Å². The molecule has 0 aliphatic rings. The Morgan fingerprint density at radius 2 is 2.09 bits per heavy atom. The van der Waals surface area contributed by atoms with Crippen LogP contribution in [0, 0.1) is 6.92 Å². The summed E-state index contributed by atoms with van der Waals surface area (Å²) in [6, 6.07) is 1.79. The van der Waals surface area contributed by atoms with Crippen LogP contribution in [0.15, 0.2) is 27.9 Å². The molecule has 0 aliphatic carbocycles. The van der Waals surface area contributed by atoms with Gasteiger partial charge in [0.1, 0.15) is 11.3 Å². The maximum atomic E-state index is 13.0. The first kappa shape index (κ1) is 13.7. The van der Waals surface area contributed by atoms with Gasteiger partial charge in [-0.05, 0) is 19.4 Å². The molecule has 8 nitrogen and oxygen atoms in total. The molecule has 8 heteroatoms. The summed E-state index contributed by atoms with van der Waals surface area (Å²) in [5, 5.41) is 8.47. The zero-order chi connectivity index (χ0) is 16.1. The number of aromatic nitrogens is 6. The van der Waals surface area contributed by atoms with E-state index in [9.17, 15) is 4.79 Å². The molecule has 118 valence electrons. The zero-order valence-electron chi connectivity index (χ0n) is 13.1. The molecule has 0 amide bonds. The number of imidazole rings is 1. The minimum absolute atomic E-state index is 0.186. The van der Waals surface area contributed by atoms with Crippen LogP contribution < -0.4 is 5.69 Å². The molecule has 0 bridgehead atoms. The highest BCUT2D eigenvalue weighted by atomic mass is 16.3. The molecule has 23 heavy (non-hydrogen) atoms. The van der Waals surface area contributed by atoms with Crippen molar-refractivity contribution in [2.24, 2.45) is 7.05 Å². The number of hydrogen-bond acceptors (Lipinski definition) is 5. The van der Waals surface area contributed by atoms with Crippen molar-refractivity contribution in [3.05, 3.63) is 34.9 Å². The topological polar surface area (TPSA) is 83.2 Å². The predicted octanol–water partition coefficient (Wildman–Crippen LogP) is 1.76. The van der Waals surface area contributed by atoms with E-state index in [0.717, 1.165) is 17.5 Å². The number of rotatable bonds is 3. The highest BCUT2D eigenvalue weighted by molar-refractivity contribution is 5.87. The van der Waals surface area contributed by atoms with Crippen molar-refractivity contribution in [1.82, 2.24) is 28.7 Å². The molecule has 0 aromatic carbocycles. The van der Waals surface area contributed by atoms with Gasteiger partial charge in [0.2, 0.25) is 0 Å². The van der Waals surface area contributed by atoms with Crippen molar-refractivity contribution in [2.45, 2.75) is 26.8 Å². The lowest BCUT2D eigenvalue weighted by Gasteiger charge is -2.08. The SMILES string of the molecule is CCCn1c(=O)n2c(-c3ccoc3C)nnc2c2c1ncn2C. The predicted molar refractivity (Wildman–Crippen MR) is 84.2 cm³/mol. The van der Waals surface area contributed by atoms with E-state index in [1.807, 2.05) is 25.5 Å². The van der Waals surface area contributed by atoms with Crippen LogP contribution in [0.2, 0.25) is 0 Å². The Hall–Kier alpha value is -2.90. The first-order chi connectivity index (χ1) is 11.1. The van der Waals surface area contributed by atoms with E-state index in [0.29, 0.717) is 29.4 Å². The summed E-state index contributed by atoms with van der Waals surface area (Å²) in [6.07, 6.45) is 4.10. The summed E-state index contributed by atoms with van der Waals surface area (Å²) < 4.78 is 10.4. The second kappa shape index (κ2) is 4.80. The minimum Gasteiger partial charge on any atom is -0.469 e. The van der Waals surface area contributed by atoms with E-state index in [-0.39, 0.29) is 5.69 Å². The number of nitrogens with zero attached hydrogens (tertiary/aromatic N) is 6. The van der Waals surface area contributed by atoms with E-state index >= 15 is 0 Å². The van der Waals surface area contributed by atoms with Gasteiger partial charge in [0.05, 0.1) is 18.2 Å². The number of aryl methyl sites for hydroxylation is 3. The number of furan rings is 1. The molecule has 0 spiro atoms. The average Bonchev–Trinajstić information content (AvgIpc) is 3.21. The molecule has 4 aromatic heterocycles. The quantitative estimate of drug-likeness (QED) is 0.575. The fraction of sp³-hybridized carbons (Fsp3) is 0.333. The van der Waals surface area contributed by atoms with Crippen molar-refractivity contribution in [3.8, 4) is 11.4 Å². The van der Waals surface area contributed by atoms with Crippen molar-refractivity contribution in [1.29, 1.82) is 0 Å². The number of fused-ring (bicyclic) bond motifs is 3. The van der Waals surface area contributed by atoms with Crippen LogP contribution in [0.25, 0.3) is 28.2 Å². The molecule has 0 saturated heterocycles. The van der Waals surface area contributed by atoms with E-state index in [4.69, 9.17) is 4.42 Å². The smallest absolute Gasteiger partial charge is 0.337 e. The van der Waals surface area contributed by atoms with E-state index in [1.54, 1.807) is 23.2 Å². The summed E-state index contributed by atoms with van der Waals surface area (Å²) in [6.45, 7) is 4.45. The molecule has 4 rings (SSSR count). The van der Waals surface area contributed by atoms with Crippen LogP contribution in [-0.4, -0.2) is 28.7 Å². The van der Waals surface area contributed by atoms with Gasteiger partial charge in [-0.25, -0.2) is 14.2 Å². The van der Waals surface area contributed by atoms with Crippen LogP contribution >= 0.6 is 0 Å². The van der Waals surface area contributed by atoms with Gasteiger partial charge in [0.25, 0.3) is 0 Å². The lowest BCUT2D eigenvalue weighted by Crippen LogP contribution is -2.28. The normalized spacial score (nSPS) is 11.8. The third-order valence-corrected chi connectivity index (χ3v) is 4.02. The lowest BCUT2D eigenvalue weighted by molar-refractivity contribution is 0.535. The summed E-state index contributed by atoms with van der Waals surface area (Å²) in [4.78, 5) is 17.4. The highest BCUT2D eigenvalue weighted by Crippen LogP contribution is 2.24. The van der Waals surface area contributed by atoms with Gasteiger partial charge in [-0.3, -0.25) is 4.57 Å². The summed E-state index contributed by atoms with van der Waals surface area (Å²) in [7, 11) is 1.88. The Bertz CT molecular complexity index is 1080. The van der Waals surface area contributed by atoms with Gasteiger partial charge in [-0.2, -0.15) is 0 Å². The Morgan fingerprint density at radius 1 is 1.26 bits per heavy atom. The molecule has 0 saturated carbocycles. The summed E-state index contributed by atoms with van der Waals surface area (Å²) >= 11 is 0. The molecule has 0 fully saturated rings. The lowest BCUT2D eigenvalue weighted by atomic mass is 10.2. The first-order valence-corrected chi connectivity index (χ1v) is 7.47. The number of hydrogen-bond donors (Lipinski definition) is 0. The van der Waals surface area contributed by atoms with Gasteiger partial charge < -0.3 is 8.98 Å². The maximum Gasteiger partial charge on any atom is 0.337 e. The highest BCUT2D eigenvalue weighted by Gasteiger charge is 2.21. The fourth-order valence-corrected chi connectivity index (χ4v) is 2.92. The van der Waals surface area contributed by atoms with Crippen molar-refractivity contribution >= 4 is 16.8 Å². The maximum absolute atomic E-state index is 13.0. The summed E-state index contributed by atoms with van der Waals surface area (Å²) in [5.41, 5.74) is 2.51. The second-order valence-electron chi connectivity index (χ2n) is 5.53. The van der Waals surface area contributed by atoms with Crippen molar-refractivity contribution < 1.29 is 4.42 Å². The van der Waals surface area contributed by atoms with E-state index < -0.39 is 0 Å². The average molecular weight is 312 g/mol. The fourth-order valence-electron chi connectivity index (χ4n) is 2.92. The Kier molecular flexibility index (Phi) is 2.87. The molecule has 4 aromatic rings. The van der Waals surface area contributed by atoms with Gasteiger partial charge >= 0.3 is 5.69 Å². The third-order valence-electron chi connectivity index (χ3n) is 4.02. The minimum atomic E-state index is -0.186. The molecule has 0 N–H and O–H groups in total. The summed E-state index contributed by atoms with van der Waals surface area (Å²) in [5.74, 6) is 1.19. The Labute approximate surface area is 131 Å². The van der Waals surface area contributed by atoms with Crippen molar-refractivity contribution in [3.63, 3.8) is 0 Å². The second-order valence-corrected chi connectivity index (χ2v) is 5.53. The molecule has 4 heterocycles. The molecule has 0 atom stereocenters. The molecule has 0 unspecified atom stereocenters.